The smallest absolute Gasteiger partial charge is 0.275 e. The average Bonchev–Trinajstić information content (AvgIpc) is 2.58. The van der Waals surface area contributed by atoms with E-state index in [0.29, 0.717) is 17.2 Å². The third kappa shape index (κ3) is 4.64. The fourth-order valence-corrected chi connectivity index (χ4v) is 2.17. The van der Waals surface area contributed by atoms with Gasteiger partial charge in [0.25, 0.3) is 5.91 Å². The zero-order valence-corrected chi connectivity index (χ0v) is 13.6. The Hall–Kier alpha value is -2.69. The van der Waals surface area contributed by atoms with Crippen molar-refractivity contribution in [2.75, 3.05) is 7.11 Å². The number of methoxy groups -OCH3 is 1. The lowest BCUT2D eigenvalue weighted by molar-refractivity contribution is 0.0951. The van der Waals surface area contributed by atoms with Crippen LogP contribution in [0.3, 0.4) is 0 Å². The molecule has 5 heteroatoms. The second-order valence-electron chi connectivity index (χ2n) is 5.53. The summed E-state index contributed by atoms with van der Waals surface area (Å²) in [5, 5.41) is 4.32. The van der Waals surface area contributed by atoms with Gasteiger partial charge < -0.3 is 4.74 Å². The summed E-state index contributed by atoms with van der Waals surface area (Å²) in [5.74, 6) is 0.650. The highest BCUT2D eigenvalue weighted by atomic mass is 16.5. The second kappa shape index (κ2) is 8.08. The molecule has 0 bridgehead atoms. The third-order valence-corrected chi connectivity index (χ3v) is 3.26. The second-order valence-corrected chi connectivity index (χ2v) is 5.53. The molecule has 0 unspecified atom stereocenters. The van der Waals surface area contributed by atoms with E-state index in [-0.39, 0.29) is 5.91 Å². The van der Waals surface area contributed by atoms with Crippen LogP contribution in [-0.2, 0) is 0 Å². The van der Waals surface area contributed by atoms with Crippen molar-refractivity contribution in [3.8, 4) is 5.75 Å². The van der Waals surface area contributed by atoms with Crippen LogP contribution in [0.5, 0.6) is 5.75 Å². The van der Waals surface area contributed by atoms with Gasteiger partial charge in [0.15, 0.2) is 0 Å². The van der Waals surface area contributed by atoms with E-state index in [2.05, 4.69) is 29.4 Å². The number of benzene rings is 1. The van der Waals surface area contributed by atoms with Gasteiger partial charge in [-0.1, -0.05) is 26.0 Å². The summed E-state index contributed by atoms with van der Waals surface area (Å²) in [6.45, 7) is 4.22. The van der Waals surface area contributed by atoms with E-state index >= 15 is 0 Å². The SMILES string of the molecule is COc1ccccc1C(=O)NN=C(CC(C)C)c1ccncc1. The maximum absolute atomic E-state index is 12.3. The number of carbonyl (C=O) groups is 1. The van der Waals surface area contributed by atoms with Crippen molar-refractivity contribution in [3.05, 3.63) is 59.9 Å². The first kappa shape index (κ1) is 16.7. The Morgan fingerprint density at radius 3 is 2.57 bits per heavy atom. The van der Waals surface area contributed by atoms with E-state index < -0.39 is 0 Å². The molecule has 0 radical (unpaired) electrons. The number of nitrogens with one attached hydrogen (secondary N) is 1. The van der Waals surface area contributed by atoms with Gasteiger partial charge in [0.2, 0.25) is 0 Å². The molecule has 23 heavy (non-hydrogen) atoms. The number of pyridine rings is 1. The first-order valence-corrected chi connectivity index (χ1v) is 7.52. The number of carbonyl (C=O) groups excluding carboxylic acids is 1. The number of hydrogen-bond donors (Lipinski definition) is 1. The summed E-state index contributed by atoms with van der Waals surface area (Å²) in [6.07, 6.45) is 4.19. The van der Waals surface area contributed by atoms with Crippen LogP contribution in [0.1, 0.15) is 36.2 Å². The van der Waals surface area contributed by atoms with Crippen molar-refractivity contribution in [1.82, 2.24) is 10.4 Å². The lowest BCUT2D eigenvalue weighted by atomic mass is 10.0. The molecule has 2 aromatic rings. The van der Waals surface area contributed by atoms with Gasteiger partial charge in [0.05, 0.1) is 18.4 Å². The number of para-hydroxylation sites is 1. The lowest BCUT2D eigenvalue weighted by Gasteiger charge is -2.11. The predicted octanol–water partition coefficient (Wildman–Crippen LogP) is 3.27. The van der Waals surface area contributed by atoms with Crippen LogP contribution in [0.15, 0.2) is 53.9 Å². The topological polar surface area (TPSA) is 63.6 Å². The molecule has 1 heterocycles. The van der Waals surface area contributed by atoms with Crippen molar-refractivity contribution in [3.63, 3.8) is 0 Å². The molecule has 0 aliphatic rings. The molecular formula is C18H21N3O2. The fourth-order valence-electron chi connectivity index (χ4n) is 2.17. The lowest BCUT2D eigenvalue weighted by Crippen LogP contribution is -2.21. The molecule has 0 saturated heterocycles. The van der Waals surface area contributed by atoms with Crippen LogP contribution in [0.2, 0.25) is 0 Å². The van der Waals surface area contributed by atoms with E-state index in [9.17, 15) is 4.79 Å². The van der Waals surface area contributed by atoms with E-state index in [1.807, 2.05) is 18.2 Å². The number of hydrazone groups is 1. The molecule has 0 spiro atoms. The standard InChI is InChI=1S/C18H21N3O2/c1-13(2)12-16(14-8-10-19-11-9-14)20-21-18(22)15-6-4-5-7-17(15)23-3/h4-11,13H,12H2,1-3H3,(H,21,22). The van der Waals surface area contributed by atoms with Crippen molar-refractivity contribution in [2.45, 2.75) is 20.3 Å². The van der Waals surface area contributed by atoms with Gasteiger partial charge in [0, 0.05) is 18.0 Å². The third-order valence-electron chi connectivity index (χ3n) is 3.26. The maximum atomic E-state index is 12.3. The van der Waals surface area contributed by atoms with E-state index in [1.165, 1.54) is 7.11 Å². The molecule has 0 fully saturated rings. The highest BCUT2D eigenvalue weighted by Gasteiger charge is 2.12. The molecule has 0 atom stereocenters. The van der Waals surface area contributed by atoms with Crippen LogP contribution in [0.4, 0.5) is 0 Å². The molecule has 1 aromatic carbocycles. The fraction of sp³-hybridized carbons (Fsp3) is 0.278. The monoisotopic (exact) mass is 311 g/mol. The van der Waals surface area contributed by atoms with Crippen LogP contribution in [0.25, 0.3) is 0 Å². The Bertz CT molecular complexity index is 682. The number of nitrogens with zero attached hydrogens (tertiary/aromatic N) is 2. The number of hydrogen-bond acceptors (Lipinski definition) is 4. The zero-order chi connectivity index (χ0) is 16.7. The normalized spacial score (nSPS) is 11.4. The number of amides is 1. The van der Waals surface area contributed by atoms with E-state index in [4.69, 9.17) is 4.74 Å². The Morgan fingerprint density at radius 2 is 1.91 bits per heavy atom. The van der Waals surface area contributed by atoms with Crippen molar-refractivity contribution in [1.29, 1.82) is 0 Å². The number of ether oxygens (including phenoxy) is 1. The minimum absolute atomic E-state index is 0.294. The highest BCUT2D eigenvalue weighted by Crippen LogP contribution is 2.17. The average molecular weight is 311 g/mol. The van der Waals surface area contributed by atoms with Gasteiger partial charge in [-0.05, 0) is 36.6 Å². The summed E-state index contributed by atoms with van der Waals surface area (Å²) < 4.78 is 5.20. The van der Waals surface area contributed by atoms with Crippen LogP contribution in [0, 0.1) is 5.92 Å². The Labute approximate surface area is 136 Å². The molecular weight excluding hydrogens is 290 g/mol. The maximum Gasteiger partial charge on any atom is 0.275 e. The molecule has 2 rings (SSSR count). The molecule has 5 nitrogen and oxygen atoms in total. The zero-order valence-electron chi connectivity index (χ0n) is 13.6. The summed E-state index contributed by atoms with van der Waals surface area (Å²) in [4.78, 5) is 16.3. The molecule has 0 aliphatic carbocycles. The van der Waals surface area contributed by atoms with Crippen LogP contribution < -0.4 is 10.2 Å². The van der Waals surface area contributed by atoms with Crippen molar-refractivity contribution < 1.29 is 9.53 Å². The minimum atomic E-state index is -0.294. The van der Waals surface area contributed by atoms with Gasteiger partial charge in [0.1, 0.15) is 5.75 Å². The summed E-state index contributed by atoms with van der Waals surface area (Å²) >= 11 is 0. The molecule has 120 valence electrons. The first-order valence-electron chi connectivity index (χ1n) is 7.52. The van der Waals surface area contributed by atoms with E-state index in [1.54, 1.807) is 30.6 Å². The van der Waals surface area contributed by atoms with Gasteiger partial charge >= 0.3 is 0 Å². The molecule has 0 saturated carbocycles. The number of aromatic nitrogens is 1. The Morgan fingerprint density at radius 1 is 1.22 bits per heavy atom. The largest absolute Gasteiger partial charge is 0.496 e. The molecule has 1 aromatic heterocycles. The highest BCUT2D eigenvalue weighted by molar-refractivity contribution is 6.02. The Kier molecular flexibility index (Phi) is 5.86. The molecule has 1 N–H and O–H groups in total. The minimum Gasteiger partial charge on any atom is -0.496 e. The van der Waals surface area contributed by atoms with Gasteiger partial charge in [-0.15, -0.1) is 0 Å². The van der Waals surface area contributed by atoms with Crippen LogP contribution in [-0.4, -0.2) is 23.7 Å². The van der Waals surface area contributed by atoms with Crippen LogP contribution >= 0.6 is 0 Å². The number of rotatable bonds is 6. The van der Waals surface area contributed by atoms with Crippen molar-refractivity contribution in [2.24, 2.45) is 11.0 Å². The molecule has 0 aliphatic heterocycles. The quantitative estimate of drug-likeness (QED) is 0.658. The summed E-state index contributed by atoms with van der Waals surface area (Å²) in [6, 6.07) is 10.8. The van der Waals surface area contributed by atoms with Gasteiger partial charge in [-0.25, -0.2) is 5.43 Å². The predicted molar refractivity (Wildman–Crippen MR) is 90.7 cm³/mol. The summed E-state index contributed by atoms with van der Waals surface area (Å²) in [7, 11) is 1.54. The van der Waals surface area contributed by atoms with E-state index in [0.717, 1.165) is 17.7 Å². The van der Waals surface area contributed by atoms with Crippen molar-refractivity contribution >= 4 is 11.6 Å². The Balaban J connectivity index is 2.21. The first-order chi connectivity index (χ1) is 11.1. The van der Waals surface area contributed by atoms with Gasteiger partial charge in [-0.2, -0.15) is 5.10 Å². The summed E-state index contributed by atoms with van der Waals surface area (Å²) in [5.41, 5.74) is 4.86. The molecule has 1 amide bonds. The van der Waals surface area contributed by atoms with Gasteiger partial charge in [-0.3, -0.25) is 9.78 Å².